The predicted molar refractivity (Wildman–Crippen MR) is 153 cm³/mol. The van der Waals surface area contributed by atoms with Gasteiger partial charge >= 0.3 is 5.97 Å². The van der Waals surface area contributed by atoms with E-state index < -0.39 is 28.7 Å². The van der Waals surface area contributed by atoms with E-state index in [-0.39, 0.29) is 24.0 Å². The molecular formula is C29H45NO5S2. The van der Waals surface area contributed by atoms with Crippen molar-refractivity contribution < 1.29 is 23.6 Å². The van der Waals surface area contributed by atoms with Crippen LogP contribution in [0.25, 0.3) is 0 Å². The second kappa shape index (κ2) is 12.4. The van der Waals surface area contributed by atoms with E-state index in [0.29, 0.717) is 0 Å². The molecule has 0 amide bonds. The molecule has 2 atom stereocenters. The number of esters is 1. The van der Waals surface area contributed by atoms with Gasteiger partial charge in [-0.25, -0.2) is 8.93 Å². The maximum absolute atomic E-state index is 13.1. The largest absolute Gasteiger partial charge is 0.491 e. The van der Waals surface area contributed by atoms with Gasteiger partial charge in [0.15, 0.2) is 0 Å². The molecule has 0 spiro atoms. The quantitative estimate of drug-likeness (QED) is 0.324. The van der Waals surface area contributed by atoms with Crippen LogP contribution in [-0.4, -0.2) is 40.1 Å². The zero-order valence-electron chi connectivity index (χ0n) is 24.1. The van der Waals surface area contributed by atoms with Crippen molar-refractivity contribution in [3.8, 4) is 5.75 Å². The van der Waals surface area contributed by atoms with Gasteiger partial charge in [-0.15, -0.1) is 11.3 Å². The lowest BCUT2D eigenvalue weighted by molar-refractivity contribution is -0.153. The average Bonchev–Trinajstić information content (AvgIpc) is 3.18. The maximum Gasteiger partial charge on any atom is 0.321 e. The molecule has 2 rings (SSSR count). The Balaban J connectivity index is 2.28. The highest BCUT2D eigenvalue weighted by Gasteiger charge is 2.34. The van der Waals surface area contributed by atoms with E-state index in [4.69, 9.17) is 9.47 Å². The molecule has 0 saturated carbocycles. The standard InChI is InChI=1S/C29H45NO5S2/c1-11-29(12-2,21-13-14-22(19(3)15-21)34-18-23(31)27(5,6)7)24-16-20(4)26(36-24)37(33)30-17-25(32)35-28(8,9)10/h13-16,23,30-31H,11-12,17-18H2,1-10H3. The number of aryl methyl sites for hydroxylation is 2. The van der Waals surface area contributed by atoms with Crippen LogP contribution in [0.2, 0.25) is 0 Å². The Morgan fingerprint density at radius 1 is 1.05 bits per heavy atom. The van der Waals surface area contributed by atoms with E-state index in [0.717, 1.165) is 38.8 Å². The van der Waals surface area contributed by atoms with Crippen LogP contribution in [0, 0.1) is 19.3 Å². The number of ether oxygens (including phenoxy) is 2. The second-order valence-corrected chi connectivity index (χ2v) is 14.3. The molecule has 1 heterocycles. The Hall–Kier alpha value is -1.74. The Morgan fingerprint density at radius 2 is 1.68 bits per heavy atom. The normalized spacial score (nSPS) is 14.4. The molecule has 0 aliphatic carbocycles. The molecule has 2 unspecified atom stereocenters. The highest BCUT2D eigenvalue weighted by atomic mass is 32.2. The first kappa shape index (κ1) is 31.5. The molecule has 37 heavy (non-hydrogen) atoms. The van der Waals surface area contributed by atoms with Crippen molar-refractivity contribution in [2.75, 3.05) is 13.2 Å². The summed E-state index contributed by atoms with van der Waals surface area (Å²) in [6.45, 7) is 19.9. The predicted octanol–water partition coefficient (Wildman–Crippen LogP) is 6.21. The van der Waals surface area contributed by atoms with E-state index in [1.54, 1.807) is 0 Å². The van der Waals surface area contributed by atoms with Gasteiger partial charge in [0.1, 0.15) is 39.7 Å². The van der Waals surface area contributed by atoms with Crippen molar-refractivity contribution in [2.24, 2.45) is 5.41 Å². The van der Waals surface area contributed by atoms with Gasteiger partial charge in [0, 0.05) is 10.3 Å². The van der Waals surface area contributed by atoms with Gasteiger partial charge < -0.3 is 14.6 Å². The van der Waals surface area contributed by atoms with E-state index in [9.17, 15) is 14.1 Å². The van der Waals surface area contributed by atoms with Crippen LogP contribution in [0.5, 0.6) is 5.75 Å². The van der Waals surface area contributed by atoms with Crippen LogP contribution in [0.1, 0.15) is 89.8 Å². The van der Waals surface area contributed by atoms with Crippen LogP contribution in [-0.2, 0) is 25.9 Å². The third-order valence-corrected chi connectivity index (χ3v) is 9.62. The van der Waals surface area contributed by atoms with E-state index >= 15 is 0 Å². The number of aliphatic hydroxyl groups is 1. The van der Waals surface area contributed by atoms with Gasteiger partial charge in [-0.1, -0.05) is 46.8 Å². The van der Waals surface area contributed by atoms with Gasteiger partial charge in [0.2, 0.25) is 0 Å². The van der Waals surface area contributed by atoms with Crippen LogP contribution in [0.4, 0.5) is 0 Å². The smallest absolute Gasteiger partial charge is 0.321 e. The molecule has 1 aromatic heterocycles. The van der Waals surface area contributed by atoms with E-state index in [2.05, 4.69) is 36.8 Å². The number of aliphatic hydroxyl groups excluding tert-OH is 1. The number of benzene rings is 1. The molecule has 2 aromatic rings. The van der Waals surface area contributed by atoms with Crippen molar-refractivity contribution in [2.45, 2.75) is 103 Å². The van der Waals surface area contributed by atoms with Gasteiger partial charge in [0.05, 0.1) is 6.10 Å². The summed E-state index contributed by atoms with van der Waals surface area (Å²) in [5, 5.41) is 10.4. The fourth-order valence-corrected chi connectivity index (χ4v) is 6.87. The third kappa shape index (κ3) is 8.12. The Labute approximate surface area is 229 Å². The average molecular weight is 552 g/mol. The molecule has 0 aliphatic heterocycles. The highest BCUT2D eigenvalue weighted by molar-refractivity contribution is 7.85. The van der Waals surface area contributed by atoms with Crippen LogP contribution in [0.3, 0.4) is 0 Å². The summed E-state index contributed by atoms with van der Waals surface area (Å²) in [4.78, 5) is 13.2. The Morgan fingerprint density at radius 3 is 2.19 bits per heavy atom. The topological polar surface area (TPSA) is 84.9 Å². The van der Waals surface area contributed by atoms with Gasteiger partial charge in [0.25, 0.3) is 0 Å². The third-order valence-electron chi connectivity index (χ3n) is 6.61. The molecule has 0 aliphatic rings. The maximum atomic E-state index is 13.1. The summed E-state index contributed by atoms with van der Waals surface area (Å²) in [6, 6.07) is 8.38. The molecule has 8 heteroatoms. The SMILES string of the molecule is CCC(CC)(c1ccc(OCC(O)C(C)(C)C)c(C)c1)c1cc(C)c(S(=O)NCC(=O)OC(C)(C)C)s1. The van der Waals surface area contributed by atoms with Crippen molar-refractivity contribution in [1.29, 1.82) is 0 Å². The Bertz CT molecular complexity index is 1090. The molecule has 6 nitrogen and oxygen atoms in total. The number of nitrogens with one attached hydrogen (secondary N) is 1. The Kier molecular flexibility index (Phi) is 10.6. The molecule has 208 valence electrons. The van der Waals surface area contributed by atoms with Crippen LogP contribution >= 0.6 is 11.3 Å². The lowest BCUT2D eigenvalue weighted by Crippen LogP contribution is -2.32. The van der Waals surface area contributed by atoms with Gasteiger partial charge in [-0.05, 0) is 81.7 Å². The van der Waals surface area contributed by atoms with Crippen molar-refractivity contribution >= 4 is 28.3 Å². The molecule has 1 aromatic carbocycles. The number of rotatable bonds is 11. The highest BCUT2D eigenvalue weighted by Crippen LogP contribution is 2.44. The van der Waals surface area contributed by atoms with Crippen LogP contribution in [0.15, 0.2) is 28.5 Å². The summed E-state index contributed by atoms with van der Waals surface area (Å²) in [7, 11) is -1.52. The van der Waals surface area contributed by atoms with Gasteiger partial charge in [-0.3, -0.25) is 4.79 Å². The van der Waals surface area contributed by atoms with Crippen molar-refractivity contribution in [3.05, 3.63) is 45.8 Å². The minimum Gasteiger partial charge on any atom is -0.491 e. The zero-order valence-corrected chi connectivity index (χ0v) is 25.7. The lowest BCUT2D eigenvalue weighted by atomic mass is 9.74. The zero-order chi connectivity index (χ0) is 28.2. The fourth-order valence-electron chi connectivity index (χ4n) is 4.13. The number of hydrogen-bond donors (Lipinski definition) is 2. The number of hydrogen-bond acceptors (Lipinski definition) is 6. The van der Waals surface area contributed by atoms with Crippen LogP contribution < -0.4 is 9.46 Å². The second-order valence-electron chi connectivity index (χ2n) is 11.7. The summed E-state index contributed by atoms with van der Waals surface area (Å²) in [5.41, 5.74) is 2.06. The fraction of sp³-hybridized carbons (Fsp3) is 0.621. The lowest BCUT2D eigenvalue weighted by Gasteiger charge is -2.32. The molecule has 0 bridgehead atoms. The monoisotopic (exact) mass is 551 g/mol. The molecule has 0 fully saturated rings. The first-order valence-corrected chi connectivity index (χ1v) is 14.9. The summed E-state index contributed by atoms with van der Waals surface area (Å²) in [5.74, 6) is 0.336. The molecule has 2 N–H and O–H groups in total. The summed E-state index contributed by atoms with van der Waals surface area (Å²) in [6.07, 6.45) is 1.20. The van der Waals surface area contributed by atoms with E-state index in [1.165, 1.54) is 16.9 Å². The minimum absolute atomic E-state index is 0.117. The number of thiophene rings is 1. The summed E-state index contributed by atoms with van der Waals surface area (Å²) >= 11 is 1.53. The van der Waals surface area contributed by atoms with Crippen molar-refractivity contribution in [1.82, 2.24) is 4.72 Å². The first-order chi connectivity index (χ1) is 17.0. The summed E-state index contributed by atoms with van der Waals surface area (Å²) < 4.78 is 27.9. The number of carbonyl (C=O) groups excluding carboxylic acids is 1. The van der Waals surface area contributed by atoms with Gasteiger partial charge in [-0.2, -0.15) is 0 Å². The van der Waals surface area contributed by atoms with E-state index in [1.807, 2.05) is 61.5 Å². The first-order valence-electron chi connectivity index (χ1n) is 12.9. The molecular weight excluding hydrogens is 506 g/mol. The minimum atomic E-state index is -1.52. The molecule has 0 radical (unpaired) electrons. The number of carbonyl (C=O) groups is 1. The molecule has 0 saturated heterocycles. The van der Waals surface area contributed by atoms with Crippen molar-refractivity contribution in [3.63, 3.8) is 0 Å².